The van der Waals surface area contributed by atoms with Crippen LogP contribution in [0.15, 0.2) is 103 Å². The Hall–Kier alpha value is -3.14. The molecule has 1 aromatic heterocycles. The lowest BCUT2D eigenvalue weighted by Crippen LogP contribution is -2.47. The molecule has 0 spiro atoms. The van der Waals surface area contributed by atoms with Crippen LogP contribution >= 0.6 is 0 Å². The number of aryl methyl sites for hydroxylation is 1. The number of nitrogens with zero attached hydrogens (tertiary/aromatic N) is 3. The van der Waals surface area contributed by atoms with Gasteiger partial charge in [-0.05, 0) is 47.9 Å². The molecule has 5 rings (SSSR count). The van der Waals surface area contributed by atoms with Crippen LogP contribution in [0.3, 0.4) is 0 Å². The lowest BCUT2D eigenvalue weighted by Gasteiger charge is -2.40. The van der Waals surface area contributed by atoms with E-state index in [1.165, 1.54) is 28.1 Å². The van der Waals surface area contributed by atoms with Gasteiger partial charge in [0.05, 0.1) is 6.04 Å². The summed E-state index contributed by atoms with van der Waals surface area (Å²) in [4.78, 5) is 5.23. The SMILES string of the molecule is Cc1cccc(-n2cccc2CN2CCN(C(c3ccccc3)c3ccccc3)CC2)c1. The van der Waals surface area contributed by atoms with Crippen molar-refractivity contribution in [2.75, 3.05) is 26.2 Å². The second-order valence-corrected chi connectivity index (χ2v) is 8.74. The van der Waals surface area contributed by atoms with Crippen LogP contribution in [0.25, 0.3) is 5.69 Å². The van der Waals surface area contributed by atoms with E-state index in [1.54, 1.807) is 0 Å². The third kappa shape index (κ3) is 4.55. The lowest BCUT2D eigenvalue weighted by molar-refractivity contribution is 0.103. The van der Waals surface area contributed by atoms with Gasteiger partial charge in [0.25, 0.3) is 0 Å². The molecule has 0 aliphatic carbocycles. The monoisotopic (exact) mass is 421 g/mol. The van der Waals surface area contributed by atoms with Crippen molar-refractivity contribution in [3.8, 4) is 5.69 Å². The van der Waals surface area contributed by atoms with Crippen LogP contribution in [0, 0.1) is 6.92 Å². The highest BCUT2D eigenvalue weighted by Gasteiger charge is 2.26. The van der Waals surface area contributed by atoms with E-state index in [1.807, 2.05) is 0 Å². The van der Waals surface area contributed by atoms with Crippen molar-refractivity contribution in [3.05, 3.63) is 126 Å². The van der Waals surface area contributed by atoms with E-state index in [9.17, 15) is 0 Å². The quantitative estimate of drug-likeness (QED) is 0.396. The fourth-order valence-corrected chi connectivity index (χ4v) is 4.87. The second kappa shape index (κ2) is 9.56. The number of hydrogen-bond acceptors (Lipinski definition) is 2. The average Bonchev–Trinajstić information content (AvgIpc) is 3.30. The molecule has 2 heterocycles. The molecule has 0 bridgehead atoms. The maximum Gasteiger partial charge on any atom is 0.0602 e. The topological polar surface area (TPSA) is 11.4 Å². The Morgan fingerprint density at radius 1 is 0.688 bits per heavy atom. The van der Waals surface area contributed by atoms with Crippen molar-refractivity contribution < 1.29 is 0 Å². The minimum absolute atomic E-state index is 0.315. The Morgan fingerprint density at radius 2 is 1.34 bits per heavy atom. The molecular formula is C29H31N3. The molecule has 32 heavy (non-hydrogen) atoms. The highest BCUT2D eigenvalue weighted by atomic mass is 15.3. The number of piperazine rings is 1. The van der Waals surface area contributed by atoms with E-state index in [4.69, 9.17) is 0 Å². The number of aromatic nitrogens is 1. The van der Waals surface area contributed by atoms with Crippen molar-refractivity contribution in [2.24, 2.45) is 0 Å². The zero-order valence-electron chi connectivity index (χ0n) is 18.8. The van der Waals surface area contributed by atoms with Crippen LogP contribution in [-0.4, -0.2) is 40.5 Å². The second-order valence-electron chi connectivity index (χ2n) is 8.74. The fraction of sp³-hybridized carbons (Fsp3) is 0.241. The van der Waals surface area contributed by atoms with E-state index in [0.717, 1.165) is 32.7 Å². The van der Waals surface area contributed by atoms with Gasteiger partial charge in [-0.3, -0.25) is 9.80 Å². The van der Waals surface area contributed by atoms with E-state index >= 15 is 0 Å². The largest absolute Gasteiger partial charge is 0.320 e. The lowest BCUT2D eigenvalue weighted by atomic mass is 9.96. The maximum absolute atomic E-state index is 2.64. The number of rotatable bonds is 6. The highest BCUT2D eigenvalue weighted by molar-refractivity contribution is 5.38. The zero-order valence-corrected chi connectivity index (χ0v) is 18.8. The summed E-state index contributed by atoms with van der Waals surface area (Å²) in [6, 6.07) is 35.3. The predicted molar refractivity (Wildman–Crippen MR) is 132 cm³/mol. The summed E-state index contributed by atoms with van der Waals surface area (Å²) in [6.45, 7) is 7.43. The summed E-state index contributed by atoms with van der Waals surface area (Å²) in [5.41, 5.74) is 6.65. The van der Waals surface area contributed by atoms with Crippen molar-refractivity contribution in [3.63, 3.8) is 0 Å². The Balaban J connectivity index is 1.30. The highest BCUT2D eigenvalue weighted by Crippen LogP contribution is 2.29. The summed E-state index contributed by atoms with van der Waals surface area (Å²) in [5.74, 6) is 0. The van der Waals surface area contributed by atoms with Crippen molar-refractivity contribution in [1.82, 2.24) is 14.4 Å². The number of hydrogen-bond donors (Lipinski definition) is 0. The molecule has 162 valence electrons. The van der Waals surface area contributed by atoms with Gasteiger partial charge in [-0.1, -0.05) is 72.8 Å². The first-order chi connectivity index (χ1) is 15.8. The van der Waals surface area contributed by atoms with Gasteiger partial charge in [0.15, 0.2) is 0 Å². The van der Waals surface area contributed by atoms with E-state index in [-0.39, 0.29) is 0 Å². The molecule has 3 heteroatoms. The van der Waals surface area contributed by atoms with Gasteiger partial charge in [0, 0.05) is 50.3 Å². The molecule has 1 saturated heterocycles. The van der Waals surface area contributed by atoms with Crippen molar-refractivity contribution in [1.29, 1.82) is 0 Å². The van der Waals surface area contributed by atoms with Gasteiger partial charge in [0.2, 0.25) is 0 Å². The van der Waals surface area contributed by atoms with Gasteiger partial charge >= 0.3 is 0 Å². The molecule has 4 aromatic rings. The van der Waals surface area contributed by atoms with E-state index < -0.39 is 0 Å². The molecule has 0 unspecified atom stereocenters. The van der Waals surface area contributed by atoms with Crippen LogP contribution in [0.2, 0.25) is 0 Å². The van der Waals surface area contributed by atoms with Crippen LogP contribution in [0.4, 0.5) is 0 Å². The standard InChI is InChI=1S/C29H31N3/c1-24-10-8-15-27(22-24)32-17-9-16-28(32)23-30-18-20-31(21-19-30)29(25-11-4-2-5-12-25)26-13-6-3-7-14-26/h2-17,22,29H,18-21,23H2,1H3. The molecule has 0 radical (unpaired) electrons. The van der Waals surface area contributed by atoms with E-state index in [0.29, 0.717) is 6.04 Å². The summed E-state index contributed by atoms with van der Waals surface area (Å²) in [5, 5.41) is 0. The summed E-state index contributed by atoms with van der Waals surface area (Å²) in [6.07, 6.45) is 2.18. The van der Waals surface area contributed by atoms with Crippen molar-refractivity contribution in [2.45, 2.75) is 19.5 Å². The fourth-order valence-electron chi connectivity index (χ4n) is 4.87. The smallest absolute Gasteiger partial charge is 0.0602 e. The number of benzene rings is 3. The molecule has 1 fully saturated rings. The van der Waals surface area contributed by atoms with Crippen LogP contribution < -0.4 is 0 Å². The maximum atomic E-state index is 2.64. The molecule has 0 N–H and O–H groups in total. The first kappa shape index (κ1) is 20.7. The molecule has 3 aromatic carbocycles. The minimum Gasteiger partial charge on any atom is -0.320 e. The van der Waals surface area contributed by atoms with Crippen LogP contribution in [0.1, 0.15) is 28.4 Å². The van der Waals surface area contributed by atoms with Gasteiger partial charge in [-0.15, -0.1) is 0 Å². The van der Waals surface area contributed by atoms with Gasteiger partial charge in [-0.25, -0.2) is 0 Å². The normalized spacial score (nSPS) is 15.3. The minimum atomic E-state index is 0.315. The van der Waals surface area contributed by atoms with Crippen molar-refractivity contribution >= 4 is 0 Å². The molecule has 0 amide bonds. The average molecular weight is 422 g/mol. The molecule has 1 aliphatic heterocycles. The zero-order chi connectivity index (χ0) is 21.8. The van der Waals surface area contributed by atoms with Crippen LogP contribution in [-0.2, 0) is 6.54 Å². The van der Waals surface area contributed by atoms with Gasteiger partial charge in [0.1, 0.15) is 0 Å². The third-order valence-electron chi connectivity index (χ3n) is 6.50. The van der Waals surface area contributed by atoms with Crippen LogP contribution in [0.5, 0.6) is 0 Å². The van der Waals surface area contributed by atoms with Gasteiger partial charge < -0.3 is 4.57 Å². The predicted octanol–water partition coefficient (Wildman–Crippen LogP) is 5.69. The Kier molecular flexibility index (Phi) is 6.20. The summed E-state index contributed by atoms with van der Waals surface area (Å²) < 4.78 is 2.33. The Morgan fingerprint density at radius 3 is 1.97 bits per heavy atom. The molecule has 1 aliphatic rings. The summed E-state index contributed by atoms with van der Waals surface area (Å²) in [7, 11) is 0. The molecule has 3 nitrogen and oxygen atoms in total. The van der Waals surface area contributed by atoms with E-state index in [2.05, 4.69) is 125 Å². The molecule has 0 saturated carbocycles. The Labute approximate surface area is 191 Å². The molecule has 0 atom stereocenters. The first-order valence-electron chi connectivity index (χ1n) is 11.6. The third-order valence-corrected chi connectivity index (χ3v) is 6.50. The summed E-state index contributed by atoms with van der Waals surface area (Å²) >= 11 is 0. The first-order valence-corrected chi connectivity index (χ1v) is 11.6. The Bertz CT molecular complexity index is 1090. The van der Waals surface area contributed by atoms with Gasteiger partial charge in [-0.2, -0.15) is 0 Å². The molecular weight excluding hydrogens is 390 g/mol.